The van der Waals surface area contributed by atoms with Crippen molar-refractivity contribution in [3.05, 3.63) is 29.7 Å². The second-order valence-corrected chi connectivity index (χ2v) is 6.06. The minimum absolute atomic E-state index is 0.349. The third-order valence-electron chi connectivity index (χ3n) is 4.10. The summed E-state index contributed by atoms with van der Waals surface area (Å²) in [6.45, 7) is 2.98. The molecule has 7 heteroatoms. The van der Waals surface area contributed by atoms with Crippen molar-refractivity contribution in [1.82, 2.24) is 18.3 Å². The molecule has 118 valence electrons. The number of nitrogens with zero attached hydrogens (tertiary/aromatic N) is 4. The first-order valence-electron chi connectivity index (χ1n) is 7.77. The van der Waals surface area contributed by atoms with E-state index in [4.69, 9.17) is 4.74 Å². The quantitative estimate of drug-likeness (QED) is 0.691. The van der Waals surface area contributed by atoms with Gasteiger partial charge in [-0.1, -0.05) is 6.07 Å². The van der Waals surface area contributed by atoms with Crippen molar-refractivity contribution in [2.75, 3.05) is 6.61 Å². The molecule has 0 unspecified atom stereocenters. The Labute approximate surface area is 137 Å². The minimum atomic E-state index is -0.349. The van der Waals surface area contributed by atoms with Gasteiger partial charge in [-0.2, -0.15) is 8.75 Å². The van der Waals surface area contributed by atoms with Crippen LogP contribution >= 0.6 is 11.7 Å². The van der Waals surface area contributed by atoms with E-state index in [1.807, 2.05) is 29.7 Å². The average Bonchev–Trinajstić information content (AvgIpc) is 3.19. The number of esters is 1. The first kappa shape index (κ1) is 14.3. The number of ether oxygens (including phenoxy) is 1. The van der Waals surface area contributed by atoms with Gasteiger partial charge in [0.2, 0.25) is 5.82 Å². The van der Waals surface area contributed by atoms with Gasteiger partial charge in [0.15, 0.2) is 0 Å². The summed E-state index contributed by atoms with van der Waals surface area (Å²) in [6, 6.07) is 5.94. The van der Waals surface area contributed by atoms with Crippen LogP contribution in [0.2, 0.25) is 0 Å². The lowest BCUT2D eigenvalue weighted by Gasteiger charge is -2.16. The van der Waals surface area contributed by atoms with E-state index in [-0.39, 0.29) is 5.97 Å². The van der Waals surface area contributed by atoms with Crippen LogP contribution in [0.3, 0.4) is 0 Å². The Morgan fingerprint density at radius 3 is 3.04 bits per heavy atom. The van der Waals surface area contributed by atoms with Crippen molar-refractivity contribution in [1.29, 1.82) is 0 Å². The van der Waals surface area contributed by atoms with E-state index in [1.54, 1.807) is 0 Å². The van der Waals surface area contributed by atoms with Gasteiger partial charge in [0.25, 0.3) is 0 Å². The molecule has 0 aliphatic carbocycles. The number of fused-ring (bicyclic) bond motifs is 2. The van der Waals surface area contributed by atoms with E-state index >= 15 is 0 Å². The smallest absolute Gasteiger partial charge is 0.374 e. The zero-order valence-electron chi connectivity index (χ0n) is 12.8. The number of carbonyl (C=O) groups excluding carboxylic acids is 1. The molecule has 0 atom stereocenters. The molecular formula is C16H16N4O2S. The van der Waals surface area contributed by atoms with Crippen LogP contribution in [0.5, 0.6) is 0 Å². The number of carbonyl (C=O) groups is 1. The average molecular weight is 328 g/mol. The highest BCUT2D eigenvalue weighted by Gasteiger charge is 2.25. The molecule has 0 amide bonds. The third kappa shape index (κ3) is 2.41. The SMILES string of the molecule is CCOC(=O)c1nc(-c2ccc3nsnc3c2)c2n1CCCC2. The largest absolute Gasteiger partial charge is 0.460 e. The minimum Gasteiger partial charge on any atom is -0.460 e. The topological polar surface area (TPSA) is 69.9 Å². The lowest BCUT2D eigenvalue weighted by molar-refractivity contribution is 0.0505. The van der Waals surface area contributed by atoms with Gasteiger partial charge in [-0.25, -0.2) is 9.78 Å². The Morgan fingerprint density at radius 1 is 1.30 bits per heavy atom. The third-order valence-corrected chi connectivity index (χ3v) is 4.66. The Morgan fingerprint density at radius 2 is 2.17 bits per heavy atom. The van der Waals surface area contributed by atoms with Gasteiger partial charge in [0.1, 0.15) is 11.0 Å². The molecule has 1 aromatic carbocycles. The summed E-state index contributed by atoms with van der Waals surface area (Å²) in [4.78, 5) is 16.8. The fourth-order valence-electron chi connectivity index (χ4n) is 3.06. The maximum atomic E-state index is 12.2. The van der Waals surface area contributed by atoms with Gasteiger partial charge in [-0.15, -0.1) is 0 Å². The molecule has 0 saturated carbocycles. The van der Waals surface area contributed by atoms with Crippen LogP contribution in [0, 0.1) is 0 Å². The van der Waals surface area contributed by atoms with E-state index < -0.39 is 0 Å². The van der Waals surface area contributed by atoms with Crippen LogP contribution in [0.25, 0.3) is 22.3 Å². The van der Waals surface area contributed by atoms with E-state index in [2.05, 4.69) is 13.7 Å². The molecule has 0 spiro atoms. The monoisotopic (exact) mass is 328 g/mol. The van der Waals surface area contributed by atoms with Gasteiger partial charge >= 0.3 is 5.97 Å². The van der Waals surface area contributed by atoms with E-state index in [0.717, 1.165) is 53.8 Å². The molecule has 3 heterocycles. The Hall–Kier alpha value is -2.28. The summed E-state index contributed by atoms with van der Waals surface area (Å²) in [5, 5.41) is 0. The van der Waals surface area contributed by atoms with Crippen molar-refractivity contribution < 1.29 is 9.53 Å². The highest BCUT2D eigenvalue weighted by atomic mass is 32.1. The van der Waals surface area contributed by atoms with Crippen LogP contribution in [0.4, 0.5) is 0 Å². The highest BCUT2D eigenvalue weighted by molar-refractivity contribution is 7.00. The first-order valence-corrected chi connectivity index (χ1v) is 8.50. The van der Waals surface area contributed by atoms with Crippen molar-refractivity contribution in [2.45, 2.75) is 32.7 Å². The van der Waals surface area contributed by atoms with Crippen molar-refractivity contribution in [3.63, 3.8) is 0 Å². The fourth-order valence-corrected chi connectivity index (χ4v) is 3.57. The van der Waals surface area contributed by atoms with Crippen LogP contribution < -0.4 is 0 Å². The molecule has 0 bridgehead atoms. The molecule has 3 aromatic rings. The van der Waals surface area contributed by atoms with Gasteiger partial charge < -0.3 is 9.30 Å². The summed E-state index contributed by atoms with van der Waals surface area (Å²) in [6.07, 6.45) is 3.10. The molecule has 0 saturated heterocycles. The molecule has 0 radical (unpaired) electrons. The molecular weight excluding hydrogens is 312 g/mol. The number of imidazole rings is 1. The van der Waals surface area contributed by atoms with Crippen molar-refractivity contribution >= 4 is 28.7 Å². The Bertz CT molecular complexity index is 883. The standard InChI is InChI=1S/C16H16N4O2S/c1-2-22-16(21)15-17-14(13-5-3-4-8-20(13)15)10-6-7-11-12(9-10)19-23-18-11/h6-7,9H,2-5,8H2,1H3. The number of hydrogen-bond donors (Lipinski definition) is 0. The number of rotatable bonds is 3. The fraction of sp³-hybridized carbons (Fsp3) is 0.375. The van der Waals surface area contributed by atoms with E-state index in [0.29, 0.717) is 12.4 Å². The van der Waals surface area contributed by atoms with E-state index in [1.165, 1.54) is 11.7 Å². The molecule has 6 nitrogen and oxygen atoms in total. The predicted molar refractivity (Wildman–Crippen MR) is 87.5 cm³/mol. The molecule has 1 aliphatic rings. The predicted octanol–water partition coefficient (Wildman–Crippen LogP) is 3.07. The maximum Gasteiger partial charge on any atom is 0.374 e. The molecule has 4 rings (SSSR count). The number of aromatic nitrogens is 4. The van der Waals surface area contributed by atoms with Gasteiger partial charge in [-0.05, 0) is 38.3 Å². The Kier molecular flexibility index (Phi) is 3.57. The zero-order chi connectivity index (χ0) is 15.8. The lowest BCUT2D eigenvalue weighted by Crippen LogP contribution is -2.18. The second-order valence-electron chi connectivity index (χ2n) is 5.53. The van der Waals surface area contributed by atoms with E-state index in [9.17, 15) is 4.79 Å². The normalized spacial score (nSPS) is 14.0. The molecule has 0 fully saturated rings. The zero-order valence-corrected chi connectivity index (χ0v) is 13.6. The first-order chi connectivity index (χ1) is 11.3. The number of benzene rings is 1. The highest BCUT2D eigenvalue weighted by Crippen LogP contribution is 2.30. The Balaban J connectivity index is 1.85. The van der Waals surface area contributed by atoms with Gasteiger partial charge in [-0.3, -0.25) is 0 Å². The van der Waals surface area contributed by atoms with Crippen LogP contribution in [0.1, 0.15) is 36.1 Å². The molecule has 23 heavy (non-hydrogen) atoms. The molecule has 0 N–H and O–H groups in total. The molecule has 1 aliphatic heterocycles. The lowest BCUT2D eigenvalue weighted by atomic mass is 10.0. The number of hydrogen-bond acceptors (Lipinski definition) is 6. The maximum absolute atomic E-state index is 12.2. The van der Waals surface area contributed by atoms with Gasteiger partial charge in [0.05, 0.1) is 24.0 Å². The van der Waals surface area contributed by atoms with Crippen LogP contribution in [-0.4, -0.2) is 30.9 Å². The van der Waals surface area contributed by atoms with Gasteiger partial charge in [0, 0.05) is 17.8 Å². The second kappa shape index (κ2) is 5.73. The summed E-state index contributed by atoms with van der Waals surface area (Å²) < 4.78 is 15.7. The summed E-state index contributed by atoms with van der Waals surface area (Å²) in [5.41, 5.74) is 4.70. The van der Waals surface area contributed by atoms with Crippen molar-refractivity contribution in [2.24, 2.45) is 0 Å². The summed E-state index contributed by atoms with van der Waals surface area (Å²) in [7, 11) is 0. The molecule has 2 aromatic heterocycles. The van der Waals surface area contributed by atoms with Crippen LogP contribution in [-0.2, 0) is 17.7 Å². The van der Waals surface area contributed by atoms with Crippen molar-refractivity contribution in [3.8, 4) is 11.3 Å². The summed E-state index contributed by atoms with van der Waals surface area (Å²) >= 11 is 1.20. The van der Waals surface area contributed by atoms with Crippen LogP contribution in [0.15, 0.2) is 18.2 Å². The summed E-state index contributed by atoms with van der Waals surface area (Å²) in [5.74, 6) is 0.0614.